The molecule has 5 nitrogen and oxygen atoms in total. The maximum absolute atomic E-state index is 12.2. The highest BCUT2D eigenvalue weighted by Crippen LogP contribution is 2.29. The van der Waals surface area contributed by atoms with Crippen LogP contribution in [0.15, 0.2) is 28.6 Å². The van der Waals surface area contributed by atoms with Gasteiger partial charge in [-0.25, -0.2) is 0 Å². The molecule has 0 saturated heterocycles. The summed E-state index contributed by atoms with van der Waals surface area (Å²) in [5, 5.41) is 15.6. The van der Waals surface area contributed by atoms with Gasteiger partial charge in [-0.3, -0.25) is 4.79 Å². The molecule has 1 aromatic heterocycles. The van der Waals surface area contributed by atoms with E-state index in [2.05, 4.69) is 34.7 Å². The van der Waals surface area contributed by atoms with Gasteiger partial charge in [0.05, 0.1) is 5.25 Å². The molecule has 0 spiro atoms. The van der Waals surface area contributed by atoms with E-state index < -0.39 is 0 Å². The van der Waals surface area contributed by atoms with Crippen LogP contribution in [0.1, 0.15) is 26.3 Å². The van der Waals surface area contributed by atoms with Gasteiger partial charge < -0.3 is 10.6 Å². The lowest BCUT2D eigenvalue weighted by Gasteiger charge is -2.10. The van der Waals surface area contributed by atoms with Crippen LogP contribution < -0.4 is 10.6 Å². The summed E-state index contributed by atoms with van der Waals surface area (Å²) in [6.07, 6.45) is 0. The second kappa shape index (κ2) is 9.25. The molecule has 0 aliphatic rings. The Bertz CT molecular complexity index is 660. The van der Waals surface area contributed by atoms with Crippen molar-refractivity contribution in [3.05, 3.63) is 34.9 Å². The van der Waals surface area contributed by atoms with Crippen molar-refractivity contribution in [3.63, 3.8) is 0 Å². The molecule has 2 N–H and O–H groups in total. The van der Waals surface area contributed by atoms with E-state index >= 15 is 0 Å². The smallest absolute Gasteiger partial charge is 0.233 e. The zero-order valence-corrected chi connectivity index (χ0v) is 16.3. The van der Waals surface area contributed by atoms with Crippen molar-refractivity contribution in [2.45, 2.75) is 36.9 Å². The van der Waals surface area contributed by atoms with Crippen molar-refractivity contribution >= 4 is 45.7 Å². The van der Waals surface area contributed by atoms with E-state index in [1.165, 1.54) is 23.1 Å². The molecule has 0 aliphatic heterocycles. The number of carbonyl (C=O) groups excluding carboxylic acids is 1. The molecule has 0 radical (unpaired) electrons. The Morgan fingerprint density at radius 3 is 2.62 bits per heavy atom. The zero-order chi connectivity index (χ0) is 17.5. The number of carbonyl (C=O) groups is 1. The van der Waals surface area contributed by atoms with Gasteiger partial charge in [0.2, 0.25) is 11.0 Å². The molecule has 2 aromatic rings. The predicted octanol–water partition coefficient (Wildman–Crippen LogP) is 4.06. The number of nitrogens with one attached hydrogen (secondary N) is 2. The zero-order valence-electron chi connectivity index (χ0n) is 13.9. The first kappa shape index (κ1) is 19.0. The van der Waals surface area contributed by atoms with E-state index in [1.807, 2.05) is 31.2 Å². The summed E-state index contributed by atoms with van der Waals surface area (Å²) >= 11 is 8.74. The number of amides is 1. The fourth-order valence-electron chi connectivity index (χ4n) is 1.76. The van der Waals surface area contributed by atoms with Gasteiger partial charge in [-0.05, 0) is 30.5 Å². The quantitative estimate of drug-likeness (QED) is 0.672. The molecular weight excluding hydrogens is 364 g/mol. The van der Waals surface area contributed by atoms with Crippen molar-refractivity contribution in [2.75, 3.05) is 11.9 Å². The molecule has 1 unspecified atom stereocenters. The number of anilines is 1. The molecule has 130 valence electrons. The highest BCUT2D eigenvalue weighted by atomic mass is 35.5. The number of hydrogen-bond donors (Lipinski definition) is 2. The molecule has 8 heteroatoms. The van der Waals surface area contributed by atoms with Crippen LogP contribution in [0.25, 0.3) is 0 Å². The minimum Gasteiger partial charge on any atom is -0.360 e. The Hall–Kier alpha value is -1.31. The average molecular weight is 385 g/mol. The Balaban J connectivity index is 1.79. The van der Waals surface area contributed by atoms with Crippen LogP contribution in [0.2, 0.25) is 5.02 Å². The molecule has 1 amide bonds. The van der Waals surface area contributed by atoms with Gasteiger partial charge in [-0.1, -0.05) is 60.7 Å². The topological polar surface area (TPSA) is 66.9 Å². The lowest BCUT2D eigenvalue weighted by molar-refractivity contribution is -0.120. The van der Waals surface area contributed by atoms with Crippen LogP contribution in [-0.2, 0) is 11.3 Å². The van der Waals surface area contributed by atoms with Crippen LogP contribution >= 0.6 is 34.7 Å². The Morgan fingerprint density at radius 1 is 1.25 bits per heavy atom. The minimum atomic E-state index is -0.233. The molecule has 24 heavy (non-hydrogen) atoms. The van der Waals surface area contributed by atoms with Gasteiger partial charge in [-0.15, -0.1) is 10.2 Å². The number of hydrogen-bond acceptors (Lipinski definition) is 6. The van der Waals surface area contributed by atoms with Crippen LogP contribution in [0.4, 0.5) is 5.13 Å². The number of benzene rings is 1. The average Bonchev–Trinajstić information content (AvgIpc) is 2.99. The number of nitrogens with zero attached hydrogens (tertiary/aromatic N) is 2. The molecular formula is C16H21ClN4OS2. The fourth-order valence-corrected chi connectivity index (χ4v) is 3.81. The summed E-state index contributed by atoms with van der Waals surface area (Å²) in [4.78, 5) is 12.2. The van der Waals surface area contributed by atoms with E-state index in [9.17, 15) is 4.79 Å². The van der Waals surface area contributed by atoms with Gasteiger partial charge >= 0.3 is 0 Å². The summed E-state index contributed by atoms with van der Waals surface area (Å²) in [7, 11) is 0. The normalized spacial score (nSPS) is 12.2. The molecule has 0 saturated carbocycles. The van der Waals surface area contributed by atoms with Gasteiger partial charge in [-0.2, -0.15) is 0 Å². The van der Waals surface area contributed by atoms with Crippen molar-refractivity contribution in [1.29, 1.82) is 0 Å². The van der Waals surface area contributed by atoms with Crippen molar-refractivity contribution in [1.82, 2.24) is 15.5 Å². The van der Waals surface area contributed by atoms with Crippen molar-refractivity contribution < 1.29 is 4.79 Å². The van der Waals surface area contributed by atoms with Crippen LogP contribution in [0.3, 0.4) is 0 Å². The second-order valence-electron chi connectivity index (χ2n) is 5.75. The summed E-state index contributed by atoms with van der Waals surface area (Å²) in [5.41, 5.74) is 1.01. The van der Waals surface area contributed by atoms with Gasteiger partial charge in [0.1, 0.15) is 0 Å². The molecule has 0 fully saturated rings. The highest BCUT2D eigenvalue weighted by Gasteiger charge is 2.17. The third-order valence-electron chi connectivity index (χ3n) is 3.09. The maximum Gasteiger partial charge on any atom is 0.233 e. The van der Waals surface area contributed by atoms with Crippen LogP contribution in [0, 0.1) is 5.92 Å². The van der Waals surface area contributed by atoms with Crippen molar-refractivity contribution in [2.24, 2.45) is 5.92 Å². The summed E-state index contributed by atoms with van der Waals surface area (Å²) < 4.78 is 0.787. The van der Waals surface area contributed by atoms with Gasteiger partial charge in [0, 0.05) is 18.1 Å². The van der Waals surface area contributed by atoms with Crippen molar-refractivity contribution in [3.8, 4) is 0 Å². The van der Waals surface area contributed by atoms with E-state index in [0.29, 0.717) is 17.5 Å². The van der Waals surface area contributed by atoms with Crippen LogP contribution in [-0.4, -0.2) is 27.9 Å². The standard InChI is InChI=1S/C16H21ClN4OS2/c1-10(2)8-19-15-20-21-16(24-15)23-11(3)14(22)18-9-12-4-6-13(17)7-5-12/h4-7,10-11H,8-9H2,1-3H3,(H,18,22)(H,19,20). The van der Waals surface area contributed by atoms with Crippen LogP contribution in [0.5, 0.6) is 0 Å². The molecule has 0 aliphatic carbocycles. The SMILES string of the molecule is CC(C)CNc1nnc(SC(C)C(=O)NCc2ccc(Cl)cc2)s1. The van der Waals surface area contributed by atoms with E-state index in [4.69, 9.17) is 11.6 Å². The first-order valence-corrected chi connectivity index (χ1v) is 9.77. The van der Waals surface area contributed by atoms with E-state index in [1.54, 1.807) is 0 Å². The Labute approximate surface area is 155 Å². The highest BCUT2D eigenvalue weighted by molar-refractivity contribution is 8.02. The van der Waals surface area contributed by atoms with Gasteiger partial charge in [0.15, 0.2) is 4.34 Å². The minimum absolute atomic E-state index is 0.0261. The predicted molar refractivity (Wildman–Crippen MR) is 102 cm³/mol. The molecule has 1 heterocycles. The first-order chi connectivity index (χ1) is 11.4. The molecule has 1 aromatic carbocycles. The first-order valence-electron chi connectivity index (χ1n) is 7.70. The lowest BCUT2D eigenvalue weighted by Crippen LogP contribution is -2.30. The summed E-state index contributed by atoms with van der Waals surface area (Å²) in [6, 6.07) is 7.43. The maximum atomic E-state index is 12.2. The number of aromatic nitrogens is 2. The third-order valence-corrected chi connectivity index (χ3v) is 5.41. The largest absolute Gasteiger partial charge is 0.360 e. The number of rotatable bonds is 8. The summed E-state index contributed by atoms with van der Waals surface area (Å²) in [6.45, 7) is 7.48. The number of halogens is 1. The molecule has 0 bridgehead atoms. The number of thioether (sulfide) groups is 1. The van der Waals surface area contributed by atoms with Gasteiger partial charge in [0.25, 0.3) is 0 Å². The fraction of sp³-hybridized carbons (Fsp3) is 0.438. The van der Waals surface area contributed by atoms with E-state index in [0.717, 1.165) is 21.6 Å². The van der Waals surface area contributed by atoms with E-state index in [-0.39, 0.29) is 11.2 Å². The monoisotopic (exact) mass is 384 g/mol. The summed E-state index contributed by atoms with van der Waals surface area (Å²) in [5.74, 6) is 0.518. The lowest BCUT2D eigenvalue weighted by atomic mass is 10.2. The third kappa shape index (κ3) is 6.30. The molecule has 1 atom stereocenters. The Morgan fingerprint density at radius 2 is 1.96 bits per heavy atom. The second-order valence-corrected chi connectivity index (χ2v) is 8.75. The Kier molecular flexibility index (Phi) is 7.33. The molecule has 2 rings (SSSR count).